The summed E-state index contributed by atoms with van der Waals surface area (Å²) in [5, 5.41) is 14.0. The van der Waals surface area contributed by atoms with E-state index < -0.39 is 0 Å². The third-order valence-electron chi connectivity index (χ3n) is 12.9. The Morgan fingerprint density at radius 1 is 1.12 bits per heavy atom. The number of carbonyl (C=O) groups excluding carboxylic acids is 1. The van der Waals surface area contributed by atoms with Gasteiger partial charge in [0, 0.05) is 59.7 Å². The fourth-order valence-electron chi connectivity index (χ4n) is 10.2. The summed E-state index contributed by atoms with van der Waals surface area (Å²) in [6.07, 6.45) is 17.0. The van der Waals surface area contributed by atoms with E-state index in [2.05, 4.69) is 45.8 Å². The molecule has 6 aliphatic rings. The SMILES string of the molecule is C=CC(=O)N1CCN(C2C3CC[C@@]4(Cc5cccc(F)c5CS4)CC3NC(OCC3CCCN3C)N2C2CCCCCCC2)CC1CC#N. The zero-order valence-electron chi connectivity index (χ0n) is 29.5. The van der Waals surface area contributed by atoms with E-state index in [-0.39, 0.29) is 41.1 Å². The van der Waals surface area contributed by atoms with Crippen molar-refractivity contribution in [3.8, 4) is 6.07 Å². The molecule has 4 aliphatic heterocycles. The minimum atomic E-state index is -0.194. The molecule has 0 radical (unpaired) electrons. The minimum Gasteiger partial charge on any atom is -0.348 e. The van der Waals surface area contributed by atoms with Crippen LogP contribution in [0.25, 0.3) is 0 Å². The lowest BCUT2D eigenvalue weighted by molar-refractivity contribution is -0.214. The predicted octanol–water partition coefficient (Wildman–Crippen LogP) is 5.87. The number of amides is 1. The maximum Gasteiger partial charge on any atom is 0.246 e. The highest BCUT2D eigenvalue weighted by Gasteiger charge is 2.54. The molecular weight excluding hydrogens is 636 g/mol. The van der Waals surface area contributed by atoms with E-state index in [0.29, 0.717) is 44.1 Å². The molecule has 7 rings (SSSR count). The van der Waals surface area contributed by atoms with Gasteiger partial charge in [-0.1, -0.05) is 50.8 Å². The van der Waals surface area contributed by atoms with Crippen LogP contribution in [0, 0.1) is 23.1 Å². The van der Waals surface area contributed by atoms with Crippen molar-refractivity contribution in [2.45, 2.75) is 137 Å². The van der Waals surface area contributed by atoms with Crippen molar-refractivity contribution < 1.29 is 13.9 Å². The summed E-state index contributed by atoms with van der Waals surface area (Å²) in [4.78, 5) is 22.7. The molecule has 1 aromatic carbocycles. The molecule has 3 saturated heterocycles. The van der Waals surface area contributed by atoms with Crippen molar-refractivity contribution in [3.05, 3.63) is 47.8 Å². The van der Waals surface area contributed by atoms with E-state index >= 15 is 0 Å². The molecule has 49 heavy (non-hydrogen) atoms. The Balaban J connectivity index is 1.22. The summed E-state index contributed by atoms with van der Waals surface area (Å²) in [7, 11) is 2.23. The Morgan fingerprint density at radius 3 is 2.69 bits per heavy atom. The van der Waals surface area contributed by atoms with Crippen molar-refractivity contribution in [1.82, 2.24) is 24.9 Å². The van der Waals surface area contributed by atoms with Gasteiger partial charge in [-0.3, -0.25) is 15.0 Å². The summed E-state index contributed by atoms with van der Waals surface area (Å²) in [6.45, 7) is 7.69. The molecule has 7 atom stereocenters. The first kappa shape index (κ1) is 35.4. The van der Waals surface area contributed by atoms with Gasteiger partial charge in [-0.05, 0) is 82.7 Å². The van der Waals surface area contributed by atoms with Crippen LogP contribution in [0.1, 0.15) is 94.6 Å². The summed E-state index contributed by atoms with van der Waals surface area (Å²) in [6, 6.07) is 8.98. The number of nitriles is 1. The van der Waals surface area contributed by atoms with Gasteiger partial charge < -0.3 is 14.5 Å². The van der Waals surface area contributed by atoms with E-state index in [1.54, 1.807) is 6.07 Å². The zero-order chi connectivity index (χ0) is 34.0. The second kappa shape index (κ2) is 15.7. The first-order valence-corrected chi connectivity index (χ1v) is 20.2. The van der Waals surface area contributed by atoms with Crippen LogP contribution in [-0.4, -0.2) is 107 Å². The van der Waals surface area contributed by atoms with Crippen LogP contribution >= 0.6 is 11.8 Å². The number of halogens is 1. The molecular formula is C39H57FN6O2S. The van der Waals surface area contributed by atoms with E-state index in [4.69, 9.17) is 4.74 Å². The van der Waals surface area contributed by atoms with Gasteiger partial charge in [-0.15, -0.1) is 11.8 Å². The van der Waals surface area contributed by atoms with Crippen LogP contribution < -0.4 is 5.32 Å². The molecule has 1 amide bonds. The number of rotatable bonds is 7. The number of benzene rings is 1. The van der Waals surface area contributed by atoms with Crippen molar-refractivity contribution in [2.24, 2.45) is 5.92 Å². The first-order valence-electron chi connectivity index (χ1n) is 19.2. The van der Waals surface area contributed by atoms with Crippen LogP contribution in [0.2, 0.25) is 0 Å². The lowest BCUT2D eigenvalue weighted by Gasteiger charge is -2.61. The molecule has 8 nitrogen and oxygen atoms in total. The van der Waals surface area contributed by atoms with E-state index in [1.165, 1.54) is 69.4 Å². The Hall–Kier alpha value is -2.00. The Kier molecular flexibility index (Phi) is 11.4. The number of nitrogens with zero attached hydrogens (tertiary/aromatic N) is 5. The molecule has 2 saturated carbocycles. The van der Waals surface area contributed by atoms with Gasteiger partial charge in [0.2, 0.25) is 5.91 Å². The molecule has 1 N–H and O–H groups in total. The summed E-state index contributed by atoms with van der Waals surface area (Å²) in [5.74, 6) is 0.988. The molecule has 268 valence electrons. The topological polar surface area (TPSA) is 75.1 Å². The summed E-state index contributed by atoms with van der Waals surface area (Å²) < 4.78 is 22.0. The number of fused-ring (bicyclic) bond motifs is 2. The summed E-state index contributed by atoms with van der Waals surface area (Å²) >= 11 is 1.97. The maximum atomic E-state index is 14.8. The van der Waals surface area contributed by atoms with Gasteiger partial charge in [0.05, 0.1) is 31.3 Å². The number of thioether (sulfide) groups is 1. The van der Waals surface area contributed by atoms with Crippen LogP contribution in [0.5, 0.6) is 0 Å². The number of carbonyl (C=O) groups is 1. The van der Waals surface area contributed by atoms with Gasteiger partial charge in [0.15, 0.2) is 6.35 Å². The minimum absolute atomic E-state index is 0.0643. The average molecular weight is 693 g/mol. The maximum absolute atomic E-state index is 14.8. The van der Waals surface area contributed by atoms with Gasteiger partial charge in [0.1, 0.15) is 5.82 Å². The number of piperazine rings is 1. The Labute approximate surface area is 297 Å². The third-order valence-corrected chi connectivity index (χ3v) is 14.5. The van der Waals surface area contributed by atoms with Gasteiger partial charge >= 0.3 is 0 Å². The molecule has 4 heterocycles. The van der Waals surface area contributed by atoms with Crippen LogP contribution in [0.4, 0.5) is 4.39 Å². The van der Waals surface area contributed by atoms with Crippen LogP contribution in [0.3, 0.4) is 0 Å². The van der Waals surface area contributed by atoms with Crippen molar-refractivity contribution in [2.75, 3.05) is 39.8 Å². The lowest BCUT2D eigenvalue weighted by atomic mass is 9.71. The van der Waals surface area contributed by atoms with Crippen molar-refractivity contribution in [3.63, 3.8) is 0 Å². The third kappa shape index (κ3) is 7.50. The normalized spacial score (nSPS) is 35.2. The number of likely N-dealkylation sites (tertiary alicyclic amines) is 1. The number of hydrogen-bond acceptors (Lipinski definition) is 8. The Morgan fingerprint density at radius 2 is 1.94 bits per heavy atom. The van der Waals surface area contributed by atoms with E-state index in [9.17, 15) is 14.4 Å². The lowest BCUT2D eigenvalue weighted by Crippen LogP contribution is -2.75. The molecule has 5 fully saturated rings. The number of nitrogens with one attached hydrogen (secondary N) is 1. The highest BCUT2D eigenvalue weighted by molar-refractivity contribution is 8.00. The average Bonchev–Trinajstić information content (AvgIpc) is 3.50. The van der Waals surface area contributed by atoms with Gasteiger partial charge in [-0.25, -0.2) is 9.29 Å². The number of hydrogen-bond donors (Lipinski definition) is 1. The fraction of sp³-hybridized carbons (Fsp3) is 0.744. The standard InChI is InChI=1S/C39H57FN6O2S/c1-3-36(47)45-22-21-44(25-30(45)17-19-41)37-32-16-18-39(23-28-11-9-15-34(40)33(28)27-49-39)24-35(32)42-38(48-26-31-14-10-20-43(31)2)46(37)29-12-7-5-4-6-8-13-29/h3,9,11,15,29-32,35,37-38,42H,1,4-8,10,12-14,16-18,20-27H2,2H3/t30?,31?,32?,35?,37?,38?,39-/m1/s1. The smallest absolute Gasteiger partial charge is 0.246 e. The number of ether oxygens (including phenoxy) is 1. The second-order valence-corrected chi connectivity index (χ2v) is 17.2. The first-order chi connectivity index (χ1) is 23.9. The highest BCUT2D eigenvalue weighted by Crippen LogP contribution is 2.52. The Bertz CT molecular complexity index is 1370. The van der Waals surface area contributed by atoms with Gasteiger partial charge in [0.25, 0.3) is 0 Å². The molecule has 10 heteroatoms. The quantitative estimate of drug-likeness (QED) is 0.356. The van der Waals surface area contributed by atoms with E-state index in [1.807, 2.05) is 22.7 Å². The van der Waals surface area contributed by atoms with Crippen LogP contribution in [-0.2, 0) is 21.7 Å². The monoisotopic (exact) mass is 692 g/mol. The fourth-order valence-corrected chi connectivity index (χ4v) is 11.8. The van der Waals surface area contributed by atoms with E-state index in [0.717, 1.165) is 50.1 Å². The predicted molar refractivity (Wildman–Crippen MR) is 193 cm³/mol. The molecule has 2 aliphatic carbocycles. The van der Waals surface area contributed by atoms with Crippen LogP contribution in [0.15, 0.2) is 30.9 Å². The largest absolute Gasteiger partial charge is 0.348 e. The molecule has 0 bridgehead atoms. The molecule has 0 aromatic heterocycles. The molecule has 1 spiro atoms. The molecule has 1 aromatic rings. The van der Waals surface area contributed by atoms with Crippen molar-refractivity contribution in [1.29, 1.82) is 5.26 Å². The zero-order valence-corrected chi connectivity index (χ0v) is 30.4. The second-order valence-electron chi connectivity index (χ2n) is 15.8. The van der Waals surface area contributed by atoms with Gasteiger partial charge in [-0.2, -0.15) is 5.26 Å². The highest BCUT2D eigenvalue weighted by atomic mass is 32.2. The summed E-state index contributed by atoms with van der Waals surface area (Å²) in [5.41, 5.74) is 2.07. The molecule has 6 unspecified atom stereocenters. The van der Waals surface area contributed by atoms with Crippen molar-refractivity contribution >= 4 is 17.7 Å². The number of likely N-dealkylation sites (N-methyl/N-ethyl adjacent to an activating group) is 1.